The summed E-state index contributed by atoms with van der Waals surface area (Å²) in [6.45, 7) is 5.87. The average molecular weight is 530 g/mol. The van der Waals surface area contributed by atoms with Crippen LogP contribution >= 0.6 is 35.6 Å². The zero-order chi connectivity index (χ0) is 19.4. The molecule has 1 aliphatic heterocycles. The van der Waals surface area contributed by atoms with Gasteiger partial charge in [0.15, 0.2) is 5.96 Å². The lowest BCUT2D eigenvalue weighted by atomic mass is 9.86. The zero-order valence-corrected chi connectivity index (χ0v) is 20.0. The highest BCUT2D eigenvalue weighted by Gasteiger charge is 2.41. The highest BCUT2D eigenvalue weighted by atomic mass is 127. The molecule has 0 unspecified atom stereocenters. The standard InChI is InChI=1S/C21H28ClN5O.HI/c1-2-23-20(27-14-12-21(15-27)10-3-4-11-21)24-13-9-18-25-19(26-28-18)16-5-7-17(22)8-6-16;/h5-8H,2-4,9-15H2,1H3,(H,23,24);1H. The normalized spacial score (nSPS) is 18.3. The third-order valence-corrected chi connectivity index (χ3v) is 6.15. The monoisotopic (exact) mass is 529 g/mol. The molecule has 1 saturated carbocycles. The van der Waals surface area contributed by atoms with E-state index in [1.807, 2.05) is 24.3 Å². The number of nitrogens with one attached hydrogen (secondary N) is 1. The maximum Gasteiger partial charge on any atom is 0.228 e. The van der Waals surface area contributed by atoms with E-state index in [0.29, 0.717) is 35.1 Å². The van der Waals surface area contributed by atoms with E-state index in [0.717, 1.165) is 31.2 Å². The first kappa shape index (κ1) is 22.3. The summed E-state index contributed by atoms with van der Waals surface area (Å²) in [6.07, 6.45) is 7.44. The van der Waals surface area contributed by atoms with Crippen LogP contribution in [0.15, 0.2) is 33.8 Å². The first-order valence-corrected chi connectivity index (χ1v) is 10.7. The van der Waals surface area contributed by atoms with Gasteiger partial charge in [0.05, 0.1) is 6.54 Å². The number of aliphatic imine (C=N–C) groups is 1. The number of guanidine groups is 1. The Balaban J connectivity index is 0.00000240. The van der Waals surface area contributed by atoms with Gasteiger partial charge >= 0.3 is 0 Å². The molecule has 6 nitrogen and oxygen atoms in total. The van der Waals surface area contributed by atoms with E-state index in [9.17, 15) is 0 Å². The van der Waals surface area contributed by atoms with Gasteiger partial charge in [0.25, 0.3) is 0 Å². The molecule has 4 rings (SSSR count). The smallest absolute Gasteiger partial charge is 0.228 e. The highest BCUT2D eigenvalue weighted by Crippen LogP contribution is 2.45. The molecule has 0 radical (unpaired) electrons. The van der Waals surface area contributed by atoms with Gasteiger partial charge in [0.2, 0.25) is 11.7 Å². The molecular weight excluding hydrogens is 501 g/mol. The summed E-state index contributed by atoms with van der Waals surface area (Å²) in [5.74, 6) is 2.22. The Labute approximate surface area is 194 Å². The van der Waals surface area contributed by atoms with Crippen molar-refractivity contribution in [2.24, 2.45) is 10.4 Å². The Kier molecular flexibility index (Phi) is 7.79. The van der Waals surface area contributed by atoms with Gasteiger partial charge in [-0.2, -0.15) is 4.98 Å². The number of hydrogen-bond donors (Lipinski definition) is 1. The first-order chi connectivity index (χ1) is 13.7. The van der Waals surface area contributed by atoms with E-state index >= 15 is 0 Å². The number of hydrogen-bond acceptors (Lipinski definition) is 4. The van der Waals surface area contributed by atoms with E-state index in [4.69, 9.17) is 21.1 Å². The number of benzene rings is 1. The predicted octanol–water partition coefficient (Wildman–Crippen LogP) is 4.78. The van der Waals surface area contributed by atoms with Crippen LogP contribution in [-0.2, 0) is 6.42 Å². The molecule has 1 aromatic carbocycles. The molecule has 2 aliphatic rings. The fourth-order valence-corrected chi connectivity index (χ4v) is 4.53. The van der Waals surface area contributed by atoms with Gasteiger partial charge in [0, 0.05) is 36.6 Å². The second kappa shape index (κ2) is 10.1. The summed E-state index contributed by atoms with van der Waals surface area (Å²) in [6, 6.07) is 7.44. The minimum absolute atomic E-state index is 0. The Hall–Kier alpha value is -1.35. The van der Waals surface area contributed by atoms with Crippen molar-refractivity contribution < 1.29 is 4.52 Å². The van der Waals surface area contributed by atoms with Crippen LogP contribution in [0.5, 0.6) is 0 Å². The van der Waals surface area contributed by atoms with Gasteiger partial charge < -0.3 is 14.7 Å². The maximum absolute atomic E-state index is 5.93. The fraction of sp³-hybridized carbons (Fsp3) is 0.571. The van der Waals surface area contributed by atoms with Crippen LogP contribution < -0.4 is 5.32 Å². The molecule has 8 heteroatoms. The fourth-order valence-electron chi connectivity index (χ4n) is 4.40. The molecule has 2 fully saturated rings. The maximum atomic E-state index is 5.93. The van der Waals surface area contributed by atoms with Crippen molar-refractivity contribution in [1.82, 2.24) is 20.4 Å². The molecule has 0 bridgehead atoms. The van der Waals surface area contributed by atoms with Crippen molar-refractivity contribution in [3.63, 3.8) is 0 Å². The van der Waals surface area contributed by atoms with E-state index in [1.165, 1.54) is 32.1 Å². The second-order valence-corrected chi connectivity index (χ2v) is 8.32. The minimum Gasteiger partial charge on any atom is -0.357 e. The predicted molar refractivity (Wildman–Crippen MR) is 127 cm³/mol. The van der Waals surface area contributed by atoms with Gasteiger partial charge in [-0.3, -0.25) is 4.99 Å². The molecule has 29 heavy (non-hydrogen) atoms. The number of likely N-dealkylation sites (tertiary alicyclic amines) is 1. The van der Waals surface area contributed by atoms with Gasteiger partial charge in [-0.1, -0.05) is 29.6 Å². The van der Waals surface area contributed by atoms with Gasteiger partial charge in [-0.15, -0.1) is 24.0 Å². The summed E-state index contributed by atoms with van der Waals surface area (Å²) < 4.78 is 5.40. The van der Waals surface area contributed by atoms with Crippen molar-refractivity contribution in [2.75, 3.05) is 26.2 Å². The molecule has 1 N–H and O–H groups in total. The highest BCUT2D eigenvalue weighted by molar-refractivity contribution is 14.0. The van der Waals surface area contributed by atoms with Crippen LogP contribution in [0.3, 0.4) is 0 Å². The molecule has 0 atom stereocenters. The van der Waals surface area contributed by atoms with Crippen LogP contribution in [0.25, 0.3) is 11.4 Å². The summed E-state index contributed by atoms with van der Waals surface area (Å²) in [5, 5.41) is 8.22. The van der Waals surface area contributed by atoms with Crippen LogP contribution in [-0.4, -0.2) is 47.2 Å². The Morgan fingerprint density at radius 1 is 1.24 bits per heavy atom. The second-order valence-electron chi connectivity index (χ2n) is 7.88. The third-order valence-electron chi connectivity index (χ3n) is 5.89. The Bertz CT molecular complexity index is 817. The molecule has 2 heterocycles. The summed E-state index contributed by atoms with van der Waals surface area (Å²) >= 11 is 5.93. The van der Waals surface area contributed by atoms with Crippen molar-refractivity contribution in [3.05, 3.63) is 35.2 Å². The number of halogens is 2. The number of nitrogens with zero attached hydrogens (tertiary/aromatic N) is 4. The number of rotatable bonds is 5. The summed E-state index contributed by atoms with van der Waals surface area (Å²) in [5.41, 5.74) is 1.44. The van der Waals surface area contributed by atoms with E-state index in [-0.39, 0.29) is 24.0 Å². The van der Waals surface area contributed by atoms with E-state index in [1.54, 1.807) is 0 Å². The van der Waals surface area contributed by atoms with Crippen molar-refractivity contribution in [2.45, 2.75) is 45.4 Å². The Morgan fingerprint density at radius 3 is 2.72 bits per heavy atom. The Morgan fingerprint density at radius 2 is 2.00 bits per heavy atom. The zero-order valence-electron chi connectivity index (χ0n) is 16.9. The molecule has 0 amide bonds. The van der Waals surface area contributed by atoms with Crippen molar-refractivity contribution in [3.8, 4) is 11.4 Å². The quantitative estimate of drug-likeness (QED) is 0.343. The van der Waals surface area contributed by atoms with Crippen LogP contribution in [0.1, 0.15) is 44.9 Å². The molecule has 1 aromatic heterocycles. The molecule has 1 aliphatic carbocycles. The summed E-state index contributed by atoms with van der Waals surface area (Å²) in [7, 11) is 0. The van der Waals surface area contributed by atoms with E-state index < -0.39 is 0 Å². The van der Waals surface area contributed by atoms with Crippen molar-refractivity contribution in [1.29, 1.82) is 0 Å². The lowest BCUT2D eigenvalue weighted by Crippen LogP contribution is -2.41. The number of aromatic nitrogens is 2. The van der Waals surface area contributed by atoms with Crippen LogP contribution in [0.4, 0.5) is 0 Å². The first-order valence-electron chi connectivity index (χ1n) is 10.3. The SMILES string of the molecule is CCNC(=NCCc1nc(-c2ccc(Cl)cc2)no1)N1CCC2(CCCC2)C1.I. The molecule has 158 valence electrons. The molecule has 1 saturated heterocycles. The van der Waals surface area contributed by atoms with Gasteiger partial charge in [-0.25, -0.2) is 0 Å². The minimum atomic E-state index is 0. The van der Waals surface area contributed by atoms with Crippen molar-refractivity contribution >= 4 is 41.5 Å². The van der Waals surface area contributed by atoms with Gasteiger partial charge in [-0.05, 0) is 55.9 Å². The lowest BCUT2D eigenvalue weighted by Gasteiger charge is -2.25. The topological polar surface area (TPSA) is 66.5 Å². The van der Waals surface area contributed by atoms with Crippen LogP contribution in [0.2, 0.25) is 5.02 Å². The third kappa shape index (κ3) is 5.42. The molecule has 2 aromatic rings. The summed E-state index contributed by atoms with van der Waals surface area (Å²) in [4.78, 5) is 11.7. The average Bonchev–Trinajstić information content (AvgIpc) is 3.45. The van der Waals surface area contributed by atoms with E-state index in [2.05, 4.69) is 27.3 Å². The largest absolute Gasteiger partial charge is 0.357 e. The van der Waals surface area contributed by atoms with Gasteiger partial charge in [0.1, 0.15) is 0 Å². The molecule has 1 spiro atoms. The molecular formula is C21H29ClIN5O. The lowest BCUT2D eigenvalue weighted by molar-refractivity contribution is 0.309. The van der Waals surface area contributed by atoms with Crippen LogP contribution in [0, 0.1) is 5.41 Å².